The lowest BCUT2D eigenvalue weighted by Crippen LogP contribution is -2.44. The monoisotopic (exact) mass is 235 g/mol. The van der Waals surface area contributed by atoms with Crippen LogP contribution in [-0.2, 0) is 0 Å². The maximum atomic E-state index is 13.6. The van der Waals surface area contributed by atoms with Crippen molar-refractivity contribution < 1.29 is 4.39 Å². The van der Waals surface area contributed by atoms with Gasteiger partial charge in [0.2, 0.25) is 0 Å². The molecule has 1 aromatic carbocycles. The van der Waals surface area contributed by atoms with Crippen LogP contribution in [0.15, 0.2) is 24.3 Å². The van der Waals surface area contributed by atoms with Gasteiger partial charge in [-0.2, -0.15) is 0 Å². The van der Waals surface area contributed by atoms with Gasteiger partial charge in [-0.1, -0.05) is 32.0 Å². The van der Waals surface area contributed by atoms with Crippen molar-refractivity contribution in [2.45, 2.75) is 45.7 Å². The summed E-state index contributed by atoms with van der Waals surface area (Å²) in [6.07, 6.45) is 2.47. The molecule has 1 fully saturated rings. The lowest BCUT2D eigenvalue weighted by molar-refractivity contribution is 0.159. The number of hydrogen-bond donors (Lipinski definition) is 1. The Hall–Kier alpha value is -0.890. The van der Waals surface area contributed by atoms with Gasteiger partial charge < -0.3 is 5.32 Å². The van der Waals surface area contributed by atoms with Gasteiger partial charge in [-0.15, -0.1) is 0 Å². The van der Waals surface area contributed by atoms with E-state index in [-0.39, 0.29) is 11.9 Å². The van der Waals surface area contributed by atoms with Gasteiger partial charge in [0.15, 0.2) is 0 Å². The molecule has 1 nitrogen and oxygen atoms in total. The molecule has 17 heavy (non-hydrogen) atoms. The quantitative estimate of drug-likeness (QED) is 0.834. The molecule has 0 aliphatic heterocycles. The average molecular weight is 235 g/mol. The molecule has 1 atom stereocenters. The lowest BCUT2D eigenvalue weighted by atomic mass is 9.73. The first kappa shape index (κ1) is 12.6. The molecule has 0 aromatic heterocycles. The predicted molar refractivity (Wildman–Crippen MR) is 69.3 cm³/mol. The third-order valence-corrected chi connectivity index (χ3v) is 3.97. The lowest BCUT2D eigenvalue weighted by Gasteiger charge is -2.40. The maximum absolute atomic E-state index is 13.6. The highest BCUT2D eigenvalue weighted by Gasteiger charge is 2.32. The summed E-state index contributed by atoms with van der Waals surface area (Å²) in [5.74, 6) is 1.52. The van der Waals surface area contributed by atoms with E-state index < -0.39 is 0 Å². The van der Waals surface area contributed by atoms with Crippen molar-refractivity contribution >= 4 is 0 Å². The molecule has 0 heterocycles. The van der Waals surface area contributed by atoms with Crippen LogP contribution >= 0.6 is 0 Å². The third kappa shape index (κ3) is 2.86. The molecule has 0 amide bonds. The minimum atomic E-state index is -0.104. The van der Waals surface area contributed by atoms with Crippen molar-refractivity contribution in [3.63, 3.8) is 0 Å². The summed E-state index contributed by atoms with van der Waals surface area (Å²) in [6, 6.07) is 7.71. The fourth-order valence-electron chi connectivity index (χ4n) is 2.61. The minimum Gasteiger partial charge on any atom is -0.307 e. The van der Waals surface area contributed by atoms with E-state index in [1.807, 2.05) is 19.1 Å². The molecule has 2 rings (SSSR count). The second kappa shape index (κ2) is 5.18. The van der Waals surface area contributed by atoms with Crippen molar-refractivity contribution in [3.05, 3.63) is 35.6 Å². The molecule has 0 radical (unpaired) electrons. The van der Waals surface area contributed by atoms with E-state index >= 15 is 0 Å². The topological polar surface area (TPSA) is 12.0 Å². The number of benzene rings is 1. The molecule has 1 aliphatic rings. The molecule has 94 valence electrons. The van der Waals surface area contributed by atoms with E-state index in [0.717, 1.165) is 17.4 Å². The van der Waals surface area contributed by atoms with Gasteiger partial charge in [0, 0.05) is 17.6 Å². The normalized spacial score (nSPS) is 25.7. The van der Waals surface area contributed by atoms with E-state index in [4.69, 9.17) is 0 Å². The molecule has 1 aromatic rings. The van der Waals surface area contributed by atoms with Crippen LogP contribution in [0.5, 0.6) is 0 Å². The maximum Gasteiger partial charge on any atom is 0.127 e. The first-order chi connectivity index (χ1) is 8.08. The van der Waals surface area contributed by atoms with Crippen LogP contribution in [0.3, 0.4) is 0 Å². The van der Waals surface area contributed by atoms with E-state index in [9.17, 15) is 4.39 Å². The molecule has 1 N–H and O–H groups in total. The standard InChI is InChI=1S/C15H22FN/c1-10(2)12-8-13(9-12)17-11(3)14-6-4-5-7-15(14)16/h4-7,10-13,17H,8-9H2,1-3H3. The van der Waals surface area contributed by atoms with Gasteiger partial charge in [-0.3, -0.25) is 0 Å². The van der Waals surface area contributed by atoms with E-state index in [2.05, 4.69) is 19.2 Å². The van der Waals surface area contributed by atoms with E-state index in [0.29, 0.717) is 6.04 Å². The van der Waals surface area contributed by atoms with Crippen molar-refractivity contribution in [2.75, 3.05) is 0 Å². The van der Waals surface area contributed by atoms with Crippen molar-refractivity contribution in [1.29, 1.82) is 0 Å². The van der Waals surface area contributed by atoms with Crippen LogP contribution in [0.25, 0.3) is 0 Å². The van der Waals surface area contributed by atoms with Crippen molar-refractivity contribution in [3.8, 4) is 0 Å². The van der Waals surface area contributed by atoms with Crippen LogP contribution in [-0.4, -0.2) is 6.04 Å². The van der Waals surface area contributed by atoms with E-state index in [1.54, 1.807) is 6.07 Å². The highest BCUT2D eigenvalue weighted by molar-refractivity contribution is 5.20. The second-order valence-corrected chi connectivity index (χ2v) is 5.58. The number of hydrogen-bond acceptors (Lipinski definition) is 1. The van der Waals surface area contributed by atoms with Crippen LogP contribution in [0.4, 0.5) is 4.39 Å². The Balaban J connectivity index is 1.87. The summed E-state index contributed by atoms with van der Waals surface area (Å²) in [5.41, 5.74) is 0.778. The Morgan fingerprint density at radius 2 is 1.82 bits per heavy atom. The predicted octanol–water partition coefficient (Wildman–Crippen LogP) is 3.91. The Labute approximate surface area is 103 Å². The zero-order valence-corrected chi connectivity index (χ0v) is 10.9. The molecular weight excluding hydrogens is 213 g/mol. The van der Waals surface area contributed by atoms with Crippen molar-refractivity contribution in [1.82, 2.24) is 5.32 Å². The third-order valence-electron chi connectivity index (χ3n) is 3.97. The van der Waals surface area contributed by atoms with Gasteiger partial charge in [-0.25, -0.2) is 4.39 Å². The summed E-state index contributed by atoms with van der Waals surface area (Å²) in [7, 11) is 0. The minimum absolute atomic E-state index is 0.104. The van der Waals surface area contributed by atoms with Gasteiger partial charge in [0.05, 0.1) is 0 Å². The van der Waals surface area contributed by atoms with Crippen LogP contribution < -0.4 is 5.32 Å². The number of nitrogens with one attached hydrogen (secondary N) is 1. The number of halogens is 1. The molecule has 2 heteroatoms. The van der Waals surface area contributed by atoms with Gasteiger partial charge in [-0.05, 0) is 37.7 Å². The zero-order valence-electron chi connectivity index (χ0n) is 10.9. The van der Waals surface area contributed by atoms with Gasteiger partial charge in [0.25, 0.3) is 0 Å². The number of rotatable bonds is 4. The summed E-state index contributed by atoms with van der Waals surface area (Å²) in [6.45, 7) is 6.60. The fourth-order valence-corrected chi connectivity index (χ4v) is 2.61. The summed E-state index contributed by atoms with van der Waals surface area (Å²) >= 11 is 0. The molecule has 1 saturated carbocycles. The molecule has 0 bridgehead atoms. The zero-order chi connectivity index (χ0) is 12.4. The molecule has 0 saturated heterocycles. The first-order valence-electron chi connectivity index (χ1n) is 6.58. The summed E-state index contributed by atoms with van der Waals surface area (Å²) in [5, 5.41) is 3.52. The average Bonchev–Trinajstić information content (AvgIpc) is 2.22. The second-order valence-electron chi connectivity index (χ2n) is 5.58. The SMILES string of the molecule is CC(NC1CC(C(C)C)C1)c1ccccc1F. The first-order valence-corrected chi connectivity index (χ1v) is 6.58. The van der Waals surface area contributed by atoms with Crippen LogP contribution in [0.2, 0.25) is 0 Å². The van der Waals surface area contributed by atoms with Gasteiger partial charge >= 0.3 is 0 Å². The Morgan fingerprint density at radius 1 is 1.18 bits per heavy atom. The largest absolute Gasteiger partial charge is 0.307 e. The van der Waals surface area contributed by atoms with Crippen LogP contribution in [0.1, 0.15) is 45.2 Å². The fraction of sp³-hybridized carbons (Fsp3) is 0.600. The summed E-state index contributed by atoms with van der Waals surface area (Å²) < 4.78 is 13.6. The van der Waals surface area contributed by atoms with E-state index in [1.165, 1.54) is 18.9 Å². The van der Waals surface area contributed by atoms with Crippen molar-refractivity contribution in [2.24, 2.45) is 11.8 Å². The summed E-state index contributed by atoms with van der Waals surface area (Å²) in [4.78, 5) is 0. The molecular formula is C15H22FN. The Morgan fingerprint density at radius 3 is 2.41 bits per heavy atom. The Kier molecular flexibility index (Phi) is 3.82. The van der Waals surface area contributed by atoms with Crippen LogP contribution in [0, 0.1) is 17.7 Å². The Bertz CT molecular complexity index is 369. The van der Waals surface area contributed by atoms with Gasteiger partial charge in [0.1, 0.15) is 5.82 Å². The smallest absolute Gasteiger partial charge is 0.127 e. The molecule has 1 aliphatic carbocycles. The molecule has 0 spiro atoms. The molecule has 1 unspecified atom stereocenters. The highest BCUT2D eigenvalue weighted by atomic mass is 19.1. The highest BCUT2D eigenvalue weighted by Crippen LogP contribution is 2.35.